The number of carbonyl (C=O) groups excluding carboxylic acids is 1. The van der Waals surface area contributed by atoms with E-state index in [4.69, 9.17) is 0 Å². The van der Waals surface area contributed by atoms with Crippen molar-refractivity contribution in [2.45, 2.75) is 26.9 Å². The average molecular weight is 283 g/mol. The van der Waals surface area contributed by atoms with Gasteiger partial charge in [0.2, 0.25) is 5.91 Å². The Labute approximate surface area is 125 Å². The van der Waals surface area contributed by atoms with Gasteiger partial charge in [0.25, 0.3) is 0 Å². The van der Waals surface area contributed by atoms with Gasteiger partial charge < -0.3 is 9.88 Å². The second-order valence-electron chi connectivity index (χ2n) is 5.39. The van der Waals surface area contributed by atoms with Gasteiger partial charge >= 0.3 is 0 Å². The van der Waals surface area contributed by atoms with E-state index in [2.05, 4.69) is 28.7 Å². The Hall–Kier alpha value is -2.36. The summed E-state index contributed by atoms with van der Waals surface area (Å²) in [6, 6.07) is 9.76. The molecule has 0 atom stereocenters. The lowest BCUT2D eigenvalue weighted by atomic mass is 10.2. The van der Waals surface area contributed by atoms with Crippen LogP contribution in [0.15, 0.2) is 48.9 Å². The zero-order valence-corrected chi connectivity index (χ0v) is 12.5. The first-order valence-electron chi connectivity index (χ1n) is 7.15. The minimum absolute atomic E-state index is 0.101. The molecule has 0 aliphatic carbocycles. The number of carbonyl (C=O) groups is 1. The monoisotopic (exact) mass is 283 g/mol. The third-order valence-electron chi connectivity index (χ3n) is 3.03. The highest BCUT2D eigenvalue weighted by Crippen LogP contribution is 2.05. The molecule has 0 unspecified atom stereocenters. The lowest BCUT2D eigenvalue weighted by Gasteiger charge is -2.10. The molecule has 0 bridgehead atoms. The zero-order chi connectivity index (χ0) is 15.1. The SMILES string of the molecule is CC(C)Cn1cncc1CNC(=O)C=Cc1ccccc1. The lowest BCUT2D eigenvalue weighted by Crippen LogP contribution is -2.22. The van der Waals surface area contributed by atoms with Gasteiger partial charge in [-0.3, -0.25) is 4.79 Å². The molecular weight excluding hydrogens is 262 g/mol. The number of nitrogens with one attached hydrogen (secondary N) is 1. The Bertz CT molecular complexity index is 600. The molecule has 1 amide bonds. The summed E-state index contributed by atoms with van der Waals surface area (Å²) >= 11 is 0. The van der Waals surface area contributed by atoms with Gasteiger partial charge in [0.05, 0.1) is 18.6 Å². The van der Waals surface area contributed by atoms with Crippen LogP contribution in [-0.4, -0.2) is 15.5 Å². The van der Waals surface area contributed by atoms with Crippen LogP contribution in [0.2, 0.25) is 0 Å². The van der Waals surface area contributed by atoms with Gasteiger partial charge in [-0.1, -0.05) is 44.2 Å². The number of benzene rings is 1. The number of hydrogen-bond donors (Lipinski definition) is 1. The maximum atomic E-state index is 11.8. The zero-order valence-electron chi connectivity index (χ0n) is 12.5. The van der Waals surface area contributed by atoms with E-state index in [0.29, 0.717) is 12.5 Å². The number of hydrogen-bond acceptors (Lipinski definition) is 2. The molecule has 4 nitrogen and oxygen atoms in total. The van der Waals surface area contributed by atoms with E-state index >= 15 is 0 Å². The first-order valence-corrected chi connectivity index (χ1v) is 7.15. The third-order valence-corrected chi connectivity index (χ3v) is 3.03. The molecule has 0 aliphatic rings. The first-order chi connectivity index (χ1) is 10.1. The maximum Gasteiger partial charge on any atom is 0.244 e. The van der Waals surface area contributed by atoms with Gasteiger partial charge in [0.15, 0.2) is 0 Å². The van der Waals surface area contributed by atoms with Crippen LogP contribution in [0.25, 0.3) is 6.08 Å². The van der Waals surface area contributed by atoms with Crippen molar-refractivity contribution in [2.24, 2.45) is 5.92 Å². The van der Waals surface area contributed by atoms with E-state index in [-0.39, 0.29) is 5.91 Å². The van der Waals surface area contributed by atoms with Crippen molar-refractivity contribution in [1.29, 1.82) is 0 Å². The summed E-state index contributed by atoms with van der Waals surface area (Å²) in [6.07, 6.45) is 6.96. The summed E-state index contributed by atoms with van der Waals surface area (Å²) < 4.78 is 2.08. The van der Waals surface area contributed by atoms with Crippen LogP contribution in [0.1, 0.15) is 25.1 Å². The third kappa shape index (κ3) is 4.91. The molecule has 0 spiro atoms. The van der Waals surface area contributed by atoms with E-state index in [1.807, 2.05) is 30.3 Å². The van der Waals surface area contributed by atoms with Crippen LogP contribution in [-0.2, 0) is 17.9 Å². The quantitative estimate of drug-likeness (QED) is 0.829. The van der Waals surface area contributed by atoms with E-state index in [9.17, 15) is 4.79 Å². The van der Waals surface area contributed by atoms with E-state index < -0.39 is 0 Å². The Balaban J connectivity index is 1.87. The molecule has 0 saturated heterocycles. The molecule has 1 N–H and O–H groups in total. The average Bonchev–Trinajstić information content (AvgIpc) is 2.90. The fourth-order valence-electron chi connectivity index (χ4n) is 2.03. The van der Waals surface area contributed by atoms with Gasteiger partial charge in [0, 0.05) is 18.8 Å². The number of nitrogens with zero attached hydrogens (tertiary/aromatic N) is 2. The summed E-state index contributed by atoms with van der Waals surface area (Å²) in [7, 11) is 0. The molecular formula is C17H21N3O. The summed E-state index contributed by atoms with van der Waals surface area (Å²) in [5.41, 5.74) is 2.03. The van der Waals surface area contributed by atoms with Crippen LogP contribution >= 0.6 is 0 Å². The van der Waals surface area contributed by atoms with E-state index in [1.54, 1.807) is 24.7 Å². The smallest absolute Gasteiger partial charge is 0.244 e. The van der Waals surface area contributed by atoms with Crippen molar-refractivity contribution < 1.29 is 4.79 Å². The summed E-state index contributed by atoms with van der Waals surface area (Å²) in [5.74, 6) is 0.447. The number of imidazole rings is 1. The highest BCUT2D eigenvalue weighted by molar-refractivity contribution is 5.91. The van der Waals surface area contributed by atoms with Gasteiger partial charge in [-0.25, -0.2) is 4.98 Å². The van der Waals surface area contributed by atoms with Crippen LogP contribution in [0.3, 0.4) is 0 Å². The molecule has 2 rings (SSSR count). The van der Waals surface area contributed by atoms with Gasteiger partial charge in [-0.2, -0.15) is 0 Å². The molecule has 0 saturated carbocycles. The largest absolute Gasteiger partial charge is 0.347 e. The Kier molecular flexibility index (Phi) is 5.32. The van der Waals surface area contributed by atoms with Gasteiger partial charge in [-0.05, 0) is 17.6 Å². The summed E-state index contributed by atoms with van der Waals surface area (Å²) in [4.78, 5) is 16.0. The maximum absolute atomic E-state index is 11.8. The van der Waals surface area contributed by atoms with E-state index in [0.717, 1.165) is 17.8 Å². The minimum atomic E-state index is -0.101. The molecule has 2 aromatic rings. The molecule has 1 aromatic carbocycles. The molecule has 21 heavy (non-hydrogen) atoms. The van der Waals surface area contributed by atoms with Crippen molar-refractivity contribution >= 4 is 12.0 Å². The van der Waals surface area contributed by atoms with Crippen molar-refractivity contribution in [2.75, 3.05) is 0 Å². The van der Waals surface area contributed by atoms with Crippen LogP contribution in [0.5, 0.6) is 0 Å². The fourth-order valence-corrected chi connectivity index (χ4v) is 2.03. The summed E-state index contributed by atoms with van der Waals surface area (Å²) in [6.45, 7) is 5.71. The standard InChI is InChI=1S/C17H21N3O/c1-14(2)12-20-13-18-10-16(20)11-19-17(21)9-8-15-6-4-3-5-7-15/h3-10,13-14H,11-12H2,1-2H3,(H,19,21). The van der Waals surface area contributed by atoms with Gasteiger partial charge in [-0.15, -0.1) is 0 Å². The Morgan fingerprint density at radius 1 is 1.33 bits per heavy atom. The molecule has 0 aliphatic heterocycles. The molecule has 0 fully saturated rings. The molecule has 1 heterocycles. The van der Waals surface area contributed by atoms with Crippen molar-refractivity contribution in [3.63, 3.8) is 0 Å². The molecule has 4 heteroatoms. The number of aromatic nitrogens is 2. The van der Waals surface area contributed by atoms with Crippen LogP contribution in [0.4, 0.5) is 0 Å². The molecule has 1 aromatic heterocycles. The van der Waals surface area contributed by atoms with Crippen molar-refractivity contribution in [3.8, 4) is 0 Å². The van der Waals surface area contributed by atoms with E-state index in [1.165, 1.54) is 0 Å². The summed E-state index contributed by atoms with van der Waals surface area (Å²) in [5, 5.41) is 2.88. The molecule has 0 radical (unpaired) electrons. The first kappa shape index (κ1) is 15.0. The predicted molar refractivity (Wildman–Crippen MR) is 84.4 cm³/mol. The van der Waals surface area contributed by atoms with Crippen LogP contribution in [0, 0.1) is 5.92 Å². The number of amides is 1. The normalized spacial score (nSPS) is 11.2. The fraction of sp³-hybridized carbons (Fsp3) is 0.294. The second kappa shape index (κ2) is 7.43. The van der Waals surface area contributed by atoms with Gasteiger partial charge in [0.1, 0.15) is 0 Å². The Morgan fingerprint density at radius 3 is 2.81 bits per heavy atom. The van der Waals surface area contributed by atoms with Crippen molar-refractivity contribution in [1.82, 2.24) is 14.9 Å². The number of rotatable bonds is 6. The van der Waals surface area contributed by atoms with Crippen LogP contribution < -0.4 is 5.32 Å². The van der Waals surface area contributed by atoms with Crippen molar-refractivity contribution in [3.05, 3.63) is 60.2 Å². The highest BCUT2D eigenvalue weighted by atomic mass is 16.1. The predicted octanol–water partition coefficient (Wildman–Crippen LogP) is 2.87. The second-order valence-corrected chi connectivity index (χ2v) is 5.39. The topological polar surface area (TPSA) is 46.9 Å². The minimum Gasteiger partial charge on any atom is -0.347 e. The Morgan fingerprint density at radius 2 is 2.10 bits per heavy atom. The molecule has 110 valence electrons. The lowest BCUT2D eigenvalue weighted by molar-refractivity contribution is -0.116. The highest BCUT2D eigenvalue weighted by Gasteiger charge is 2.04.